The normalized spacial score (nSPS) is 38.6. The summed E-state index contributed by atoms with van der Waals surface area (Å²) < 4.78 is 0. The number of rotatable bonds is 0. The molecule has 0 aromatic rings. The maximum absolute atomic E-state index is 5.49. The monoisotopic (exact) mass is 138 g/mol. The summed E-state index contributed by atoms with van der Waals surface area (Å²) in [6, 6.07) is 0. The van der Waals surface area contributed by atoms with E-state index in [1.807, 2.05) is 0 Å². The number of hydrogen-bond acceptors (Lipinski definition) is 2. The Balaban J connectivity index is 2.45. The molecule has 0 bridgehead atoms. The van der Waals surface area contributed by atoms with Gasteiger partial charge in [0.25, 0.3) is 0 Å². The highest BCUT2D eigenvalue weighted by atomic mass is 35.5. The summed E-state index contributed by atoms with van der Waals surface area (Å²) in [4.78, 5) is 3.71. The van der Waals surface area contributed by atoms with Gasteiger partial charge in [-0.15, -0.1) is 0 Å². The van der Waals surface area contributed by atoms with Gasteiger partial charge in [-0.1, -0.05) is 23.2 Å². The van der Waals surface area contributed by atoms with Crippen molar-refractivity contribution in [1.29, 1.82) is 0 Å². The molecule has 0 spiro atoms. The lowest BCUT2D eigenvalue weighted by molar-refractivity contribution is 0.827. The third kappa shape index (κ3) is 0.983. The molecule has 2 atom stereocenters. The molecule has 0 aromatic carbocycles. The fourth-order valence-electron chi connectivity index (χ4n) is 0.340. The fraction of sp³-hybridized carbons (Fsp3) is 0.667. The first kappa shape index (κ1) is 5.19. The van der Waals surface area contributed by atoms with Crippen LogP contribution in [0.15, 0.2) is 4.99 Å². The van der Waals surface area contributed by atoms with E-state index < -0.39 is 0 Å². The molecule has 2 unspecified atom stereocenters. The smallest absolute Gasteiger partial charge is 0.159 e. The van der Waals surface area contributed by atoms with E-state index in [-0.39, 0.29) is 11.0 Å². The second kappa shape index (κ2) is 1.88. The molecule has 1 aliphatic heterocycles. The zero-order valence-corrected chi connectivity index (χ0v) is 4.95. The first-order valence-electron chi connectivity index (χ1n) is 1.86. The first-order valence-corrected chi connectivity index (χ1v) is 2.74. The van der Waals surface area contributed by atoms with E-state index in [2.05, 4.69) is 10.3 Å². The van der Waals surface area contributed by atoms with Crippen molar-refractivity contribution in [3.8, 4) is 0 Å². The van der Waals surface area contributed by atoms with Crippen LogP contribution in [0.5, 0.6) is 0 Å². The molecular formula is C3H4Cl2N2. The van der Waals surface area contributed by atoms with Gasteiger partial charge in [-0.05, 0) is 0 Å². The van der Waals surface area contributed by atoms with E-state index in [9.17, 15) is 0 Å². The number of alkyl halides is 2. The molecule has 0 amide bonds. The largest absolute Gasteiger partial charge is 0.358 e. The summed E-state index contributed by atoms with van der Waals surface area (Å²) in [6.45, 7) is 0. The van der Waals surface area contributed by atoms with Crippen molar-refractivity contribution in [2.75, 3.05) is 0 Å². The molecule has 7 heavy (non-hydrogen) atoms. The minimum Gasteiger partial charge on any atom is -0.358 e. The zero-order valence-electron chi connectivity index (χ0n) is 3.44. The van der Waals surface area contributed by atoms with Gasteiger partial charge in [0.2, 0.25) is 0 Å². The molecule has 0 aromatic heterocycles. The predicted octanol–water partition coefficient (Wildman–Crippen LogP) is 0.748. The zero-order chi connectivity index (χ0) is 5.28. The third-order valence-corrected chi connectivity index (χ3v) is 1.55. The molecule has 0 saturated heterocycles. The summed E-state index contributed by atoms with van der Waals surface area (Å²) in [5.41, 5.74) is -0.511. The minimum atomic E-state index is -0.290. The van der Waals surface area contributed by atoms with Crippen molar-refractivity contribution >= 4 is 29.5 Å². The van der Waals surface area contributed by atoms with Crippen molar-refractivity contribution in [3.63, 3.8) is 0 Å². The van der Waals surface area contributed by atoms with Gasteiger partial charge < -0.3 is 5.32 Å². The van der Waals surface area contributed by atoms with Crippen LogP contribution in [0, 0.1) is 0 Å². The van der Waals surface area contributed by atoms with Crippen molar-refractivity contribution in [2.45, 2.75) is 11.0 Å². The average Bonchev–Trinajstić information content (AvgIpc) is 1.91. The molecule has 0 saturated carbocycles. The summed E-state index contributed by atoms with van der Waals surface area (Å²) in [5, 5.41) is 2.71. The van der Waals surface area contributed by atoms with E-state index >= 15 is 0 Å². The van der Waals surface area contributed by atoms with Crippen LogP contribution in [-0.4, -0.2) is 17.3 Å². The molecule has 1 aliphatic rings. The van der Waals surface area contributed by atoms with Crippen LogP contribution in [-0.2, 0) is 0 Å². The lowest BCUT2D eigenvalue weighted by Gasteiger charge is -1.99. The standard InChI is InChI=1S/C3H4Cl2N2/c4-2-3(5)7-1-6-2/h1-3H,(H,6,7). The van der Waals surface area contributed by atoms with E-state index in [4.69, 9.17) is 23.2 Å². The Bertz CT molecular complexity index is 92.9. The Kier molecular flexibility index (Phi) is 1.40. The fourth-order valence-corrected chi connectivity index (χ4v) is 0.591. The van der Waals surface area contributed by atoms with Crippen LogP contribution in [0.2, 0.25) is 0 Å². The lowest BCUT2D eigenvalue weighted by atomic mass is 10.7. The van der Waals surface area contributed by atoms with Gasteiger partial charge in [-0.2, -0.15) is 0 Å². The average molecular weight is 139 g/mol. The topological polar surface area (TPSA) is 24.4 Å². The first-order chi connectivity index (χ1) is 3.30. The van der Waals surface area contributed by atoms with Gasteiger partial charge in [0.15, 0.2) is 5.50 Å². The van der Waals surface area contributed by atoms with Gasteiger partial charge in [-0.3, -0.25) is 4.99 Å². The molecule has 1 N–H and O–H groups in total. The Hall–Kier alpha value is 0.0500. The lowest BCUT2D eigenvalue weighted by Crippen LogP contribution is -2.21. The van der Waals surface area contributed by atoms with Crippen LogP contribution in [0.25, 0.3) is 0 Å². The number of nitrogens with zero attached hydrogens (tertiary/aromatic N) is 1. The maximum Gasteiger partial charge on any atom is 0.159 e. The number of halogens is 2. The van der Waals surface area contributed by atoms with Gasteiger partial charge in [0.05, 0.1) is 6.34 Å². The van der Waals surface area contributed by atoms with Gasteiger partial charge in [0, 0.05) is 0 Å². The highest BCUT2D eigenvalue weighted by Gasteiger charge is 2.16. The van der Waals surface area contributed by atoms with Gasteiger partial charge in [-0.25, -0.2) is 0 Å². The molecule has 1 heterocycles. The van der Waals surface area contributed by atoms with Crippen LogP contribution in [0.1, 0.15) is 0 Å². The molecule has 40 valence electrons. The van der Waals surface area contributed by atoms with Crippen LogP contribution in [0.4, 0.5) is 0 Å². The number of hydrogen-bond donors (Lipinski definition) is 1. The maximum atomic E-state index is 5.49. The van der Waals surface area contributed by atoms with Crippen molar-refractivity contribution in [1.82, 2.24) is 5.32 Å². The van der Waals surface area contributed by atoms with Crippen molar-refractivity contribution in [3.05, 3.63) is 0 Å². The Morgan fingerprint density at radius 3 is 2.43 bits per heavy atom. The quantitative estimate of drug-likeness (QED) is 0.388. The van der Waals surface area contributed by atoms with Crippen LogP contribution in [0.3, 0.4) is 0 Å². The molecule has 4 heteroatoms. The molecule has 0 aliphatic carbocycles. The second-order valence-electron chi connectivity index (χ2n) is 1.22. The second-order valence-corrected chi connectivity index (χ2v) is 2.14. The number of aliphatic imine (C=N–C) groups is 1. The molecular weight excluding hydrogens is 135 g/mol. The highest BCUT2D eigenvalue weighted by Crippen LogP contribution is 2.10. The van der Waals surface area contributed by atoms with E-state index in [0.717, 1.165) is 0 Å². The van der Waals surface area contributed by atoms with Crippen molar-refractivity contribution < 1.29 is 0 Å². The molecule has 0 radical (unpaired) electrons. The van der Waals surface area contributed by atoms with E-state index in [1.165, 1.54) is 6.34 Å². The summed E-state index contributed by atoms with van der Waals surface area (Å²) >= 11 is 11.0. The van der Waals surface area contributed by atoms with Gasteiger partial charge >= 0.3 is 0 Å². The number of nitrogens with one attached hydrogen (secondary N) is 1. The third-order valence-electron chi connectivity index (χ3n) is 0.692. The van der Waals surface area contributed by atoms with Gasteiger partial charge in [0.1, 0.15) is 5.50 Å². The van der Waals surface area contributed by atoms with Crippen LogP contribution < -0.4 is 5.32 Å². The highest BCUT2D eigenvalue weighted by molar-refractivity contribution is 6.31. The molecule has 0 fully saturated rings. The SMILES string of the molecule is ClC1N=CNC1Cl. The summed E-state index contributed by atoms with van der Waals surface area (Å²) in [7, 11) is 0. The van der Waals surface area contributed by atoms with E-state index in [1.54, 1.807) is 0 Å². The van der Waals surface area contributed by atoms with Crippen LogP contribution >= 0.6 is 23.2 Å². The Labute approximate surface area is 51.5 Å². The summed E-state index contributed by atoms with van der Waals surface area (Å²) in [5.74, 6) is 0. The van der Waals surface area contributed by atoms with E-state index in [0.29, 0.717) is 0 Å². The predicted molar refractivity (Wildman–Crippen MR) is 30.9 cm³/mol. The Morgan fingerprint density at radius 2 is 2.29 bits per heavy atom. The molecule has 2 nitrogen and oxygen atoms in total. The van der Waals surface area contributed by atoms with Crippen molar-refractivity contribution in [2.24, 2.45) is 4.99 Å². The summed E-state index contributed by atoms with van der Waals surface area (Å²) in [6.07, 6.45) is 1.51. The minimum absolute atomic E-state index is 0.221. The molecule has 1 rings (SSSR count). The Morgan fingerprint density at radius 1 is 1.57 bits per heavy atom.